The van der Waals surface area contributed by atoms with Crippen molar-refractivity contribution in [2.45, 2.75) is 45.7 Å². The molecule has 1 unspecified atom stereocenters. The molecule has 0 aliphatic heterocycles. The molecular weight excluding hydrogens is 190 g/mol. The van der Waals surface area contributed by atoms with Crippen molar-refractivity contribution < 1.29 is 4.52 Å². The first-order valence-corrected chi connectivity index (χ1v) is 5.61. The van der Waals surface area contributed by atoms with Crippen LogP contribution in [-0.4, -0.2) is 17.7 Å². The van der Waals surface area contributed by atoms with E-state index in [0.717, 1.165) is 24.4 Å². The Labute approximate surface area is 91.2 Å². The predicted molar refractivity (Wildman–Crippen MR) is 60.4 cm³/mol. The summed E-state index contributed by atoms with van der Waals surface area (Å²) in [5.41, 5.74) is 6.84. The third kappa shape index (κ3) is 4.95. The predicted octanol–water partition coefficient (Wildman–Crippen LogP) is 1.59. The Morgan fingerprint density at radius 1 is 1.60 bits per heavy atom. The van der Waals surface area contributed by atoms with Gasteiger partial charge in [0.25, 0.3) is 0 Å². The van der Waals surface area contributed by atoms with Crippen molar-refractivity contribution in [2.24, 2.45) is 5.73 Å². The molecule has 15 heavy (non-hydrogen) atoms. The van der Waals surface area contributed by atoms with Crippen molar-refractivity contribution in [3.8, 4) is 0 Å². The quantitative estimate of drug-likeness (QED) is 0.719. The minimum Gasteiger partial charge on any atom is -0.360 e. The molecule has 0 amide bonds. The summed E-state index contributed by atoms with van der Waals surface area (Å²) in [5.74, 6) is 0.871. The highest BCUT2D eigenvalue weighted by atomic mass is 16.5. The molecule has 0 saturated carbocycles. The Morgan fingerprint density at radius 2 is 2.40 bits per heavy atom. The zero-order chi connectivity index (χ0) is 11.1. The van der Waals surface area contributed by atoms with Crippen LogP contribution in [0, 0.1) is 6.92 Å². The van der Waals surface area contributed by atoms with Gasteiger partial charge in [0, 0.05) is 18.7 Å². The summed E-state index contributed by atoms with van der Waals surface area (Å²) in [4.78, 5) is 0. The van der Waals surface area contributed by atoms with E-state index in [2.05, 4.69) is 17.4 Å². The summed E-state index contributed by atoms with van der Waals surface area (Å²) in [7, 11) is 0. The van der Waals surface area contributed by atoms with Crippen LogP contribution in [0.25, 0.3) is 0 Å². The minimum atomic E-state index is 0.244. The van der Waals surface area contributed by atoms with Gasteiger partial charge in [-0.15, -0.1) is 0 Å². The normalized spacial score (nSPS) is 13.0. The van der Waals surface area contributed by atoms with Gasteiger partial charge in [0.1, 0.15) is 0 Å². The fourth-order valence-electron chi connectivity index (χ4n) is 1.45. The van der Waals surface area contributed by atoms with Crippen LogP contribution in [0.4, 0.5) is 0 Å². The molecular formula is C11H21N3O. The first kappa shape index (κ1) is 12.2. The van der Waals surface area contributed by atoms with Crippen LogP contribution in [0.2, 0.25) is 0 Å². The minimum absolute atomic E-state index is 0.244. The molecule has 0 saturated heterocycles. The lowest BCUT2D eigenvalue weighted by atomic mass is 10.1. The highest BCUT2D eigenvalue weighted by Crippen LogP contribution is 2.01. The molecule has 1 aromatic rings. The van der Waals surface area contributed by atoms with Gasteiger partial charge < -0.3 is 15.6 Å². The molecule has 0 spiro atoms. The van der Waals surface area contributed by atoms with Crippen LogP contribution in [0.3, 0.4) is 0 Å². The maximum atomic E-state index is 5.92. The van der Waals surface area contributed by atoms with Gasteiger partial charge >= 0.3 is 0 Å². The molecule has 0 fully saturated rings. The van der Waals surface area contributed by atoms with Crippen molar-refractivity contribution in [1.29, 1.82) is 0 Å². The average Bonchev–Trinajstić information content (AvgIpc) is 2.61. The number of hydrogen-bond acceptors (Lipinski definition) is 4. The van der Waals surface area contributed by atoms with Gasteiger partial charge in [0.15, 0.2) is 5.76 Å². The lowest BCUT2D eigenvalue weighted by Crippen LogP contribution is -2.33. The van der Waals surface area contributed by atoms with Crippen LogP contribution in [0.1, 0.15) is 37.6 Å². The van der Waals surface area contributed by atoms with E-state index in [9.17, 15) is 0 Å². The smallest absolute Gasteiger partial charge is 0.150 e. The first-order valence-electron chi connectivity index (χ1n) is 5.61. The number of nitrogens with two attached hydrogens (primary N) is 1. The molecule has 0 radical (unpaired) electrons. The lowest BCUT2D eigenvalue weighted by Gasteiger charge is -2.10. The number of nitrogens with one attached hydrogen (secondary N) is 1. The molecule has 1 aromatic heterocycles. The van der Waals surface area contributed by atoms with Crippen molar-refractivity contribution in [1.82, 2.24) is 10.5 Å². The topological polar surface area (TPSA) is 64.1 Å². The van der Waals surface area contributed by atoms with Gasteiger partial charge in [-0.25, -0.2) is 0 Å². The van der Waals surface area contributed by atoms with E-state index >= 15 is 0 Å². The zero-order valence-electron chi connectivity index (χ0n) is 9.62. The fraction of sp³-hybridized carbons (Fsp3) is 0.727. The Morgan fingerprint density at radius 3 is 3.00 bits per heavy atom. The zero-order valence-corrected chi connectivity index (χ0v) is 9.62. The average molecular weight is 211 g/mol. The van der Waals surface area contributed by atoms with Gasteiger partial charge in [0.2, 0.25) is 0 Å². The maximum absolute atomic E-state index is 5.92. The maximum Gasteiger partial charge on any atom is 0.150 e. The van der Waals surface area contributed by atoms with E-state index in [1.165, 1.54) is 12.8 Å². The largest absolute Gasteiger partial charge is 0.360 e. The Bertz CT molecular complexity index is 273. The second-order valence-electron chi connectivity index (χ2n) is 3.97. The van der Waals surface area contributed by atoms with Crippen molar-refractivity contribution in [3.05, 3.63) is 17.5 Å². The molecule has 4 nitrogen and oxygen atoms in total. The number of aryl methyl sites for hydroxylation is 1. The number of hydrogen-bond donors (Lipinski definition) is 2. The Kier molecular flexibility index (Phi) is 5.36. The monoisotopic (exact) mass is 211 g/mol. The SMILES string of the molecule is CCCCC(N)CNCc1cc(C)no1. The van der Waals surface area contributed by atoms with E-state index in [0.29, 0.717) is 6.54 Å². The molecule has 86 valence electrons. The summed E-state index contributed by atoms with van der Waals surface area (Å²) < 4.78 is 5.07. The number of rotatable bonds is 7. The molecule has 0 bridgehead atoms. The third-order valence-electron chi connectivity index (χ3n) is 2.31. The summed E-state index contributed by atoms with van der Waals surface area (Å²) in [5, 5.41) is 7.08. The van der Waals surface area contributed by atoms with E-state index in [4.69, 9.17) is 10.3 Å². The van der Waals surface area contributed by atoms with Crippen LogP contribution in [0.15, 0.2) is 10.6 Å². The summed E-state index contributed by atoms with van der Waals surface area (Å²) >= 11 is 0. The second-order valence-corrected chi connectivity index (χ2v) is 3.97. The molecule has 4 heteroatoms. The van der Waals surface area contributed by atoms with E-state index in [1.807, 2.05) is 13.0 Å². The van der Waals surface area contributed by atoms with Crippen molar-refractivity contribution in [3.63, 3.8) is 0 Å². The summed E-state index contributed by atoms with van der Waals surface area (Å²) in [6, 6.07) is 2.18. The molecule has 1 atom stereocenters. The third-order valence-corrected chi connectivity index (χ3v) is 2.31. The molecule has 3 N–H and O–H groups in total. The van der Waals surface area contributed by atoms with Gasteiger partial charge in [-0.3, -0.25) is 0 Å². The lowest BCUT2D eigenvalue weighted by molar-refractivity contribution is 0.366. The molecule has 0 aliphatic carbocycles. The first-order chi connectivity index (χ1) is 7.22. The molecule has 0 aromatic carbocycles. The van der Waals surface area contributed by atoms with Gasteiger partial charge in [-0.05, 0) is 13.3 Å². The van der Waals surface area contributed by atoms with Crippen LogP contribution < -0.4 is 11.1 Å². The Hall–Kier alpha value is -0.870. The summed E-state index contributed by atoms with van der Waals surface area (Å²) in [6.45, 7) is 5.64. The summed E-state index contributed by atoms with van der Waals surface area (Å²) in [6.07, 6.45) is 3.48. The van der Waals surface area contributed by atoms with E-state index < -0.39 is 0 Å². The fourth-order valence-corrected chi connectivity index (χ4v) is 1.45. The number of nitrogens with zero attached hydrogens (tertiary/aromatic N) is 1. The van der Waals surface area contributed by atoms with Gasteiger partial charge in [-0.2, -0.15) is 0 Å². The second kappa shape index (κ2) is 6.58. The van der Waals surface area contributed by atoms with Gasteiger partial charge in [0.05, 0.1) is 12.2 Å². The number of aromatic nitrogens is 1. The van der Waals surface area contributed by atoms with Crippen molar-refractivity contribution >= 4 is 0 Å². The highest BCUT2D eigenvalue weighted by molar-refractivity contribution is 5.02. The molecule has 1 heterocycles. The molecule has 0 aliphatic rings. The standard InChI is InChI=1S/C11H21N3O/c1-3-4-5-10(12)7-13-8-11-6-9(2)14-15-11/h6,10,13H,3-5,7-8,12H2,1-2H3. The Balaban J connectivity index is 2.10. The highest BCUT2D eigenvalue weighted by Gasteiger charge is 2.03. The van der Waals surface area contributed by atoms with Crippen LogP contribution >= 0.6 is 0 Å². The van der Waals surface area contributed by atoms with Crippen molar-refractivity contribution in [2.75, 3.05) is 6.54 Å². The van der Waals surface area contributed by atoms with Crippen LogP contribution in [-0.2, 0) is 6.54 Å². The van der Waals surface area contributed by atoms with Gasteiger partial charge in [-0.1, -0.05) is 24.9 Å². The molecule has 1 rings (SSSR count). The van der Waals surface area contributed by atoms with E-state index in [1.54, 1.807) is 0 Å². The number of unbranched alkanes of at least 4 members (excludes halogenated alkanes) is 1. The van der Waals surface area contributed by atoms with Crippen LogP contribution in [0.5, 0.6) is 0 Å². The van der Waals surface area contributed by atoms with E-state index in [-0.39, 0.29) is 6.04 Å².